The summed E-state index contributed by atoms with van der Waals surface area (Å²) in [5, 5.41) is 0.196. The molecule has 0 nitrogen and oxygen atoms in total. The van der Waals surface area contributed by atoms with E-state index < -0.39 is 0 Å². The molecular formula is C19H29Cl. The fourth-order valence-corrected chi connectivity index (χ4v) is 3.88. The topological polar surface area (TPSA) is 0 Å². The smallest absolute Gasteiger partial charge is 0.0613 e. The minimum atomic E-state index is 0.196. The molecule has 0 amide bonds. The van der Waals surface area contributed by atoms with Gasteiger partial charge in [-0.1, -0.05) is 52.0 Å². The summed E-state index contributed by atoms with van der Waals surface area (Å²) < 4.78 is 0. The van der Waals surface area contributed by atoms with Gasteiger partial charge in [-0.25, -0.2) is 0 Å². The molecule has 1 aromatic rings. The van der Waals surface area contributed by atoms with Gasteiger partial charge in [0.1, 0.15) is 0 Å². The zero-order valence-electron chi connectivity index (χ0n) is 13.5. The van der Waals surface area contributed by atoms with E-state index in [1.54, 1.807) is 0 Å². The lowest BCUT2D eigenvalue weighted by molar-refractivity contribution is 0.148. The van der Waals surface area contributed by atoms with Gasteiger partial charge in [-0.05, 0) is 60.5 Å². The van der Waals surface area contributed by atoms with Crippen LogP contribution in [-0.4, -0.2) is 0 Å². The molecule has 0 saturated heterocycles. The van der Waals surface area contributed by atoms with Crippen molar-refractivity contribution in [1.82, 2.24) is 0 Å². The van der Waals surface area contributed by atoms with Crippen LogP contribution in [0.1, 0.15) is 69.9 Å². The predicted octanol–water partition coefficient (Wildman–Crippen LogP) is 6.38. The third kappa shape index (κ3) is 3.79. The number of halogens is 1. The van der Waals surface area contributed by atoms with Gasteiger partial charge < -0.3 is 0 Å². The van der Waals surface area contributed by atoms with Crippen LogP contribution in [0.15, 0.2) is 24.3 Å². The van der Waals surface area contributed by atoms with Gasteiger partial charge in [0.25, 0.3) is 0 Å². The third-order valence-corrected chi connectivity index (χ3v) is 5.73. The molecule has 20 heavy (non-hydrogen) atoms. The number of hydrogen-bond acceptors (Lipinski definition) is 0. The molecule has 1 aromatic carbocycles. The minimum absolute atomic E-state index is 0.196. The summed E-state index contributed by atoms with van der Waals surface area (Å²) in [6.45, 7) is 9.32. The van der Waals surface area contributed by atoms with Gasteiger partial charge in [0.05, 0.1) is 5.38 Å². The highest BCUT2D eigenvalue weighted by atomic mass is 35.5. The molecule has 1 aliphatic rings. The Kier molecular flexibility index (Phi) is 5.18. The molecule has 1 fully saturated rings. The Morgan fingerprint density at radius 2 is 1.60 bits per heavy atom. The van der Waals surface area contributed by atoms with E-state index in [1.165, 1.54) is 36.8 Å². The Morgan fingerprint density at radius 1 is 1.05 bits per heavy atom. The van der Waals surface area contributed by atoms with Crippen molar-refractivity contribution in [3.8, 4) is 0 Å². The molecule has 1 aliphatic carbocycles. The predicted molar refractivity (Wildman–Crippen MR) is 89.3 cm³/mol. The highest BCUT2D eigenvalue weighted by molar-refractivity contribution is 6.21. The number of benzene rings is 1. The molecule has 0 aliphatic heterocycles. The van der Waals surface area contributed by atoms with Crippen molar-refractivity contribution in [2.45, 2.75) is 65.2 Å². The zero-order valence-corrected chi connectivity index (χ0v) is 14.2. The van der Waals surface area contributed by atoms with Gasteiger partial charge in [0.2, 0.25) is 0 Å². The highest BCUT2D eigenvalue weighted by Gasteiger charge is 2.32. The van der Waals surface area contributed by atoms with Crippen LogP contribution in [0.5, 0.6) is 0 Å². The summed E-state index contributed by atoms with van der Waals surface area (Å²) >= 11 is 6.74. The van der Waals surface area contributed by atoms with Crippen molar-refractivity contribution in [3.05, 3.63) is 35.4 Å². The van der Waals surface area contributed by atoms with Crippen molar-refractivity contribution in [2.24, 2.45) is 17.3 Å². The standard InChI is InChI=1S/C19H29Cl/c1-5-14-6-8-15(9-7-14)18(20)16-10-12-17(13-11-16)19(2,3)4/h6-9,16-18H,5,10-13H2,1-4H3. The van der Waals surface area contributed by atoms with Gasteiger partial charge in [0, 0.05) is 0 Å². The van der Waals surface area contributed by atoms with E-state index >= 15 is 0 Å². The second-order valence-corrected chi connectivity index (χ2v) is 7.94. The lowest BCUT2D eigenvalue weighted by Gasteiger charge is -2.38. The summed E-state index contributed by atoms with van der Waals surface area (Å²) in [7, 11) is 0. The van der Waals surface area contributed by atoms with Crippen LogP contribution in [0.2, 0.25) is 0 Å². The lowest BCUT2D eigenvalue weighted by Crippen LogP contribution is -2.27. The van der Waals surface area contributed by atoms with Crippen molar-refractivity contribution in [1.29, 1.82) is 0 Å². The Hall–Kier alpha value is -0.490. The summed E-state index contributed by atoms with van der Waals surface area (Å²) in [4.78, 5) is 0. The molecule has 2 rings (SSSR count). The SMILES string of the molecule is CCc1ccc(C(Cl)C2CCC(C(C)(C)C)CC2)cc1. The fourth-order valence-electron chi connectivity index (χ4n) is 3.49. The van der Waals surface area contributed by atoms with Gasteiger partial charge in [-0.2, -0.15) is 0 Å². The van der Waals surface area contributed by atoms with E-state index in [4.69, 9.17) is 11.6 Å². The summed E-state index contributed by atoms with van der Waals surface area (Å²) in [6.07, 6.45) is 6.34. The second kappa shape index (κ2) is 6.52. The molecule has 0 heterocycles. The van der Waals surface area contributed by atoms with E-state index in [0.717, 1.165) is 12.3 Å². The molecule has 1 saturated carbocycles. The lowest BCUT2D eigenvalue weighted by atomic mass is 9.69. The van der Waals surface area contributed by atoms with Gasteiger partial charge in [-0.15, -0.1) is 11.6 Å². The third-order valence-electron chi connectivity index (χ3n) is 5.12. The first-order chi connectivity index (χ1) is 9.41. The summed E-state index contributed by atoms with van der Waals surface area (Å²) in [5.74, 6) is 1.52. The van der Waals surface area contributed by atoms with Crippen molar-refractivity contribution in [2.75, 3.05) is 0 Å². The van der Waals surface area contributed by atoms with Crippen LogP contribution in [0.25, 0.3) is 0 Å². The monoisotopic (exact) mass is 292 g/mol. The molecule has 0 N–H and O–H groups in total. The van der Waals surface area contributed by atoms with Crippen LogP contribution in [0, 0.1) is 17.3 Å². The van der Waals surface area contributed by atoms with E-state index in [2.05, 4.69) is 52.0 Å². The van der Waals surface area contributed by atoms with Crippen molar-refractivity contribution >= 4 is 11.6 Å². The average molecular weight is 293 g/mol. The Labute approximate surface area is 129 Å². The second-order valence-electron chi connectivity index (χ2n) is 7.47. The first kappa shape index (κ1) is 15.9. The molecule has 1 atom stereocenters. The molecule has 0 radical (unpaired) electrons. The number of hydrogen-bond donors (Lipinski definition) is 0. The number of alkyl halides is 1. The molecule has 112 valence electrons. The number of rotatable bonds is 3. The van der Waals surface area contributed by atoms with Gasteiger partial charge in [-0.3, -0.25) is 0 Å². The molecule has 0 bridgehead atoms. The van der Waals surface area contributed by atoms with E-state index in [1.807, 2.05) is 0 Å². The van der Waals surface area contributed by atoms with Crippen LogP contribution < -0.4 is 0 Å². The molecule has 1 heteroatoms. The highest BCUT2D eigenvalue weighted by Crippen LogP contribution is 2.45. The average Bonchev–Trinajstić information content (AvgIpc) is 2.46. The minimum Gasteiger partial charge on any atom is -0.118 e. The molecular weight excluding hydrogens is 264 g/mol. The maximum Gasteiger partial charge on any atom is 0.0613 e. The van der Waals surface area contributed by atoms with Crippen molar-refractivity contribution in [3.63, 3.8) is 0 Å². The molecule has 0 spiro atoms. The van der Waals surface area contributed by atoms with E-state index in [0.29, 0.717) is 11.3 Å². The van der Waals surface area contributed by atoms with E-state index in [-0.39, 0.29) is 5.38 Å². The van der Waals surface area contributed by atoms with Gasteiger partial charge in [0.15, 0.2) is 0 Å². The maximum atomic E-state index is 6.74. The van der Waals surface area contributed by atoms with Crippen LogP contribution >= 0.6 is 11.6 Å². The van der Waals surface area contributed by atoms with E-state index in [9.17, 15) is 0 Å². The first-order valence-electron chi connectivity index (χ1n) is 8.14. The van der Waals surface area contributed by atoms with Crippen LogP contribution in [-0.2, 0) is 6.42 Å². The van der Waals surface area contributed by atoms with Gasteiger partial charge >= 0.3 is 0 Å². The quantitative estimate of drug-likeness (QED) is 0.567. The maximum absolute atomic E-state index is 6.74. The largest absolute Gasteiger partial charge is 0.118 e. The fraction of sp³-hybridized carbons (Fsp3) is 0.684. The van der Waals surface area contributed by atoms with Crippen molar-refractivity contribution < 1.29 is 0 Å². The summed E-state index contributed by atoms with van der Waals surface area (Å²) in [5.41, 5.74) is 3.16. The Balaban J connectivity index is 1.95. The summed E-state index contributed by atoms with van der Waals surface area (Å²) in [6, 6.07) is 8.91. The number of aryl methyl sites for hydroxylation is 1. The normalized spacial score (nSPS) is 25.4. The Morgan fingerprint density at radius 3 is 2.05 bits per heavy atom. The molecule has 1 unspecified atom stereocenters. The zero-order chi connectivity index (χ0) is 14.8. The molecule has 0 aromatic heterocycles. The first-order valence-corrected chi connectivity index (χ1v) is 8.58. The van der Waals surface area contributed by atoms with Crippen LogP contribution in [0.4, 0.5) is 0 Å². The van der Waals surface area contributed by atoms with Crippen LogP contribution in [0.3, 0.4) is 0 Å². The Bertz CT molecular complexity index is 404.